The third-order valence-corrected chi connectivity index (χ3v) is 6.87. The number of benzene rings is 4. The number of ether oxygens (including phenoxy) is 4. The summed E-state index contributed by atoms with van der Waals surface area (Å²) in [5, 5.41) is 4.15. The Hall–Kier alpha value is -3.82. The lowest BCUT2D eigenvalue weighted by Gasteiger charge is -2.15. The number of nitrogens with one attached hydrogen (secondary N) is 1. The van der Waals surface area contributed by atoms with E-state index in [1.54, 1.807) is 24.4 Å². The second kappa shape index (κ2) is 15.3. The molecule has 7 nitrogen and oxygen atoms in total. The summed E-state index contributed by atoms with van der Waals surface area (Å²) in [6, 6.07) is 26.5. The minimum atomic E-state index is -0.379. The molecule has 0 unspecified atom stereocenters. The molecule has 0 aromatic heterocycles. The molecule has 0 bridgehead atoms. The van der Waals surface area contributed by atoms with Gasteiger partial charge in [0.1, 0.15) is 13.2 Å². The van der Waals surface area contributed by atoms with Crippen LogP contribution in [0.15, 0.2) is 99.0 Å². The fraction of sp³-hybridized carbons (Fsp3) is 0.188. The Balaban J connectivity index is 1.42. The van der Waals surface area contributed by atoms with E-state index in [0.717, 1.165) is 21.2 Å². The molecule has 0 aliphatic heterocycles. The molecule has 4 aromatic rings. The van der Waals surface area contributed by atoms with Crippen LogP contribution in [0.1, 0.15) is 40.9 Å². The van der Waals surface area contributed by atoms with E-state index in [4.69, 9.17) is 18.9 Å². The predicted octanol–water partition coefficient (Wildman–Crippen LogP) is 7.93. The lowest BCUT2D eigenvalue weighted by molar-refractivity contribution is 0.0954. The highest BCUT2D eigenvalue weighted by Gasteiger charge is 2.14. The number of amides is 1. The minimum absolute atomic E-state index is 0.379. The molecule has 0 atom stereocenters. The fourth-order valence-electron chi connectivity index (χ4n) is 3.80. The van der Waals surface area contributed by atoms with Crippen LogP contribution in [0.3, 0.4) is 0 Å². The number of carbonyl (C=O) groups is 1. The number of hydrazone groups is 1. The van der Waals surface area contributed by atoms with E-state index in [-0.39, 0.29) is 5.91 Å². The quantitative estimate of drug-likeness (QED) is 0.115. The van der Waals surface area contributed by atoms with Crippen LogP contribution in [0, 0.1) is 0 Å². The standard InChI is InChI=1S/C32H30Br2N2O5/c1-3-38-29-18-25(12-15-28(29)40-20-22-8-6-5-7-9-22)32(37)36-35-19-24-16-27(34)31(30(17-24)39-4-2)41-21-23-10-13-26(33)14-11-23/h5-19H,3-4,20-21H2,1-2H3,(H,36,37)/b35-19+. The Kier molecular flexibility index (Phi) is 11.2. The summed E-state index contributed by atoms with van der Waals surface area (Å²) >= 11 is 7.02. The normalized spacial score (nSPS) is 10.8. The lowest BCUT2D eigenvalue weighted by Crippen LogP contribution is -2.17. The van der Waals surface area contributed by atoms with Crippen LogP contribution in [-0.4, -0.2) is 25.3 Å². The maximum atomic E-state index is 12.8. The van der Waals surface area contributed by atoms with Crippen LogP contribution >= 0.6 is 31.9 Å². The van der Waals surface area contributed by atoms with Gasteiger partial charge in [-0.1, -0.05) is 58.4 Å². The third-order valence-electron chi connectivity index (χ3n) is 5.75. The molecule has 0 fully saturated rings. The van der Waals surface area contributed by atoms with E-state index in [1.165, 1.54) is 0 Å². The largest absolute Gasteiger partial charge is 0.490 e. The number of hydrogen-bond donors (Lipinski definition) is 1. The topological polar surface area (TPSA) is 78.4 Å². The van der Waals surface area contributed by atoms with Gasteiger partial charge in [0.15, 0.2) is 23.0 Å². The summed E-state index contributed by atoms with van der Waals surface area (Å²) < 4.78 is 25.3. The first-order valence-corrected chi connectivity index (χ1v) is 14.7. The summed E-state index contributed by atoms with van der Waals surface area (Å²) in [4.78, 5) is 12.8. The zero-order chi connectivity index (χ0) is 29.0. The Bertz CT molecular complexity index is 1480. The molecule has 0 saturated carbocycles. The first kappa shape index (κ1) is 30.1. The van der Waals surface area contributed by atoms with Gasteiger partial charge in [0.05, 0.1) is 23.9 Å². The number of hydrogen-bond acceptors (Lipinski definition) is 6. The van der Waals surface area contributed by atoms with Crippen molar-refractivity contribution >= 4 is 44.0 Å². The van der Waals surface area contributed by atoms with Gasteiger partial charge in [-0.05, 0) is 88.9 Å². The highest BCUT2D eigenvalue weighted by atomic mass is 79.9. The highest BCUT2D eigenvalue weighted by molar-refractivity contribution is 9.10. The van der Waals surface area contributed by atoms with Gasteiger partial charge in [-0.3, -0.25) is 4.79 Å². The summed E-state index contributed by atoms with van der Waals surface area (Å²) in [6.45, 7) is 5.46. The molecule has 1 amide bonds. The van der Waals surface area contributed by atoms with E-state index in [2.05, 4.69) is 42.4 Å². The minimum Gasteiger partial charge on any atom is -0.490 e. The zero-order valence-electron chi connectivity index (χ0n) is 22.7. The molecule has 0 saturated heterocycles. The van der Waals surface area contributed by atoms with E-state index < -0.39 is 0 Å². The highest BCUT2D eigenvalue weighted by Crippen LogP contribution is 2.37. The maximum absolute atomic E-state index is 12.8. The Morgan fingerprint density at radius 1 is 0.756 bits per heavy atom. The van der Waals surface area contributed by atoms with Crippen molar-refractivity contribution in [3.8, 4) is 23.0 Å². The summed E-state index contributed by atoms with van der Waals surface area (Å²) in [6.07, 6.45) is 1.55. The van der Waals surface area contributed by atoms with E-state index in [9.17, 15) is 4.79 Å². The van der Waals surface area contributed by atoms with Gasteiger partial charge in [-0.25, -0.2) is 5.43 Å². The van der Waals surface area contributed by atoms with Crippen molar-refractivity contribution in [2.24, 2.45) is 5.10 Å². The SMILES string of the molecule is CCOc1cc(C(=O)N/N=C/c2cc(Br)c(OCc3ccc(Br)cc3)c(OCC)c2)ccc1OCc1ccccc1. The van der Waals surface area contributed by atoms with Crippen LogP contribution in [0.4, 0.5) is 0 Å². The van der Waals surface area contributed by atoms with Gasteiger partial charge in [0, 0.05) is 10.0 Å². The summed E-state index contributed by atoms with van der Waals surface area (Å²) in [5.74, 6) is 1.83. The molecule has 4 aromatic carbocycles. The molecule has 1 N–H and O–H groups in total. The monoisotopic (exact) mass is 680 g/mol. The average molecular weight is 682 g/mol. The van der Waals surface area contributed by atoms with Crippen LogP contribution in [-0.2, 0) is 13.2 Å². The number of halogens is 2. The van der Waals surface area contributed by atoms with Crippen molar-refractivity contribution in [1.82, 2.24) is 5.43 Å². The molecule has 41 heavy (non-hydrogen) atoms. The van der Waals surface area contributed by atoms with Crippen molar-refractivity contribution < 1.29 is 23.7 Å². The average Bonchev–Trinajstić information content (AvgIpc) is 2.98. The first-order chi connectivity index (χ1) is 20.0. The molecule has 4 rings (SSSR count). The van der Waals surface area contributed by atoms with Crippen LogP contribution < -0.4 is 24.4 Å². The zero-order valence-corrected chi connectivity index (χ0v) is 25.9. The number of rotatable bonds is 13. The molecule has 212 valence electrons. The molecule has 9 heteroatoms. The second-order valence-electron chi connectivity index (χ2n) is 8.75. The van der Waals surface area contributed by atoms with Crippen molar-refractivity contribution in [2.45, 2.75) is 27.1 Å². The molecule has 0 heterocycles. The second-order valence-corrected chi connectivity index (χ2v) is 10.5. The smallest absolute Gasteiger partial charge is 0.271 e. The predicted molar refractivity (Wildman–Crippen MR) is 167 cm³/mol. The first-order valence-electron chi connectivity index (χ1n) is 13.1. The van der Waals surface area contributed by atoms with Crippen LogP contribution in [0.2, 0.25) is 0 Å². The van der Waals surface area contributed by atoms with Crippen LogP contribution in [0.25, 0.3) is 0 Å². The summed E-state index contributed by atoms with van der Waals surface area (Å²) in [7, 11) is 0. The van der Waals surface area contributed by atoms with E-state index in [0.29, 0.717) is 59.5 Å². The molecule has 0 spiro atoms. The van der Waals surface area contributed by atoms with Gasteiger partial charge in [0.25, 0.3) is 5.91 Å². The van der Waals surface area contributed by atoms with Crippen molar-refractivity contribution in [3.63, 3.8) is 0 Å². The fourth-order valence-corrected chi connectivity index (χ4v) is 4.64. The molecular formula is C32H30Br2N2O5. The van der Waals surface area contributed by atoms with Gasteiger partial charge in [-0.2, -0.15) is 5.10 Å². The summed E-state index contributed by atoms with van der Waals surface area (Å²) in [5.41, 5.74) is 5.75. The van der Waals surface area contributed by atoms with Crippen molar-refractivity contribution in [2.75, 3.05) is 13.2 Å². The molecule has 0 aliphatic carbocycles. The number of nitrogens with zero attached hydrogens (tertiary/aromatic N) is 1. The van der Waals surface area contributed by atoms with E-state index >= 15 is 0 Å². The number of carbonyl (C=O) groups excluding carboxylic acids is 1. The van der Waals surface area contributed by atoms with Gasteiger partial charge >= 0.3 is 0 Å². The Labute approximate surface area is 256 Å². The van der Waals surface area contributed by atoms with Crippen molar-refractivity contribution in [1.29, 1.82) is 0 Å². The van der Waals surface area contributed by atoms with Crippen LogP contribution in [0.5, 0.6) is 23.0 Å². The molecular weight excluding hydrogens is 652 g/mol. The third kappa shape index (κ3) is 8.83. The Morgan fingerprint density at radius 3 is 2.17 bits per heavy atom. The van der Waals surface area contributed by atoms with E-state index in [1.807, 2.05) is 80.6 Å². The lowest BCUT2D eigenvalue weighted by atomic mass is 10.2. The molecule has 0 radical (unpaired) electrons. The molecule has 0 aliphatic rings. The van der Waals surface area contributed by atoms with Crippen molar-refractivity contribution in [3.05, 3.63) is 116 Å². The van der Waals surface area contributed by atoms with Gasteiger partial charge in [-0.15, -0.1) is 0 Å². The maximum Gasteiger partial charge on any atom is 0.271 e. The van der Waals surface area contributed by atoms with Gasteiger partial charge < -0.3 is 18.9 Å². The van der Waals surface area contributed by atoms with Gasteiger partial charge in [0.2, 0.25) is 0 Å². The Morgan fingerprint density at radius 2 is 1.44 bits per heavy atom.